The average molecular weight is 293 g/mol. The summed E-state index contributed by atoms with van der Waals surface area (Å²) >= 11 is 0. The number of carbonyl (C=O) groups excluding carboxylic acids is 1. The molecule has 0 saturated carbocycles. The van der Waals surface area contributed by atoms with E-state index in [1.807, 2.05) is 36.4 Å². The zero-order valence-electron chi connectivity index (χ0n) is 13.5. The highest BCUT2D eigenvalue weighted by molar-refractivity contribution is 6.06. The molecule has 0 heterocycles. The summed E-state index contributed by atoms with van der Waals surface area (Å²) in [5.41, 5.74) is 4.21. The van der Waals surface area contributed by atoms with Crippen LogP contribution in [-0.4, -0.2) is 18.9 Å². The second kappa shape index (κ2) is 7.60. The minimum Gasteiger partial charge on any atom is -0.372 e. The van der Waals surface area contributed by atoms with Gasteiger partial charge in [-0.1, -0.05) is 42.5 Å². The van der Waals surface area contributed by atoms with Gasteiger partial charge in [-0.2, -0.15) is 0 Å². The Bertz CT molecular complexity index is 655. The Labute approximate surface area is 133 Å². The molecule has 2 aromatic rings. The average Bonchev–Trinajstić information content (AvgIpc) is 2.55. The van der Waals surface area contributed by atoms with Gasteiger partial charge in [0.25, 0.3) is 0 Å². The van der Waals surface area contributed by atoms with Crippen molar-refractivity contribution in [3.05, 3.63) is 71.3 Å². The van der Waals surface area contributed by atoms with Gasteiger partial charge < -0.3 is 4.90 Å². The molecule has 0 radical (unpaired) electrons. The summed E-state index contributed by atoms with van der Waals surface area (Å²) in [4.78, 5) is 14.4. The van der Waals surface area contributed by atoms with Crippen LogP contribution in [0.25, 0.3) is 6.08 Å². The van der Waals surface area contributed by atoms with E-state index in [1.165, 1.54) is 11.3 Å². The van der Waals surface area contributed by atoms with Crippen LogP contribution < -0.4 is 4.90 Å². The first kappa shape index (κ1) is 16.0. The molecular formula is C20H23NO. The number of aryl methyl sites for hydroxylation is 1. The van der Waals surface area contributed by atoms with Crippen molar-refractivity contribution in [3.63, 3.8) is 0 Å². The molecule has 0 aliphatic rings. The molecule has 0 saturated heterocycles. The van der Waals surface area contributed by atoms with Gasteiger partial charge in [-0.15, -0.1) is 0 Å². The van der Waals surface area contributed by atoms with Crippen LogP contribution in [0.3, 0.4) is 0 Å². The van der Waals surface area contributed by atoms with E-state index in [0.717, 1.165) is 24.2 Å². The van der Waals surface area contributed by atoms with Crippen molar-refractivity contribution in [3.8, 4) is 0 Å². The molecule has 0 amide bonds. The summed E-state index contributed by atoms with van der Waals surface area (Å²) in [6.45, 7) is 8.39. The molecule has 2 aromatic carbocycles. The third-order valence-corrected chi connectivity index (χ3v) is 3.85. The van der Waals surface area contributed by atoms with Crippen molar-refractivity contribution in [2.24, 2.45) is 0 Å². The molecule has 22 heavy (non-hydrogen) atoms. The second-order valence-corrected chi connectivity index (χ2v) is 5.28. The van der Waals surface area contributed by atoms with Gasteiger partial charge in [0.15, 0.2) is 5.78 Å². The minimum absolute atomic E-state index is 0.0350. The molecule has 0 aliphatic carbocycles. The third-order valence-electron chi connectivity index (χ3n) is 3.85. The third kappa shape index (κ3) is 3.85. The lowest BCUT2D eigenvalue weighted by Crippen LogP contribution is -2.21. The number of allylic oxidation sites excluding steroid dienone is 1. The predicted octanol–water partition coefficient (Wildman–Crippen LogP) is 4.74. The Balaban J connectivity index is 2.16. The SMILES string of the molecule is CCN(CC)c1ccc(/C=C\C(=O)c2ccccc2)c(C)c1. The van der Waals surface area contributed by atoms with Crippen LogP contribution in [0.1, 0.15) is 35.3 Å². The maximum atomic E-state index is 12.1. The Morgan fingerprint density at radius 2 is 1.73 bits per heavy atom. The largest absolute Gasteiger partial charge is 0.372 e. The number of hydrogen-bond donors (Lipinski definition) is 0. The summed E-state index contributed by atoms with van der Waals surface area (Å²) < 4.78 is 0. The highest BCUT2D eigenvalue weighted by Crippen LogP contribution is 2.20. The summed E-state index contributed by atoms with van der Waals surface area (Å²) in [6, 6.07) is 15.7. The van der Waals surface area contributed by atoms with Crippen molar-refractivity contribution in [2.45, 2.75) is 20.8 Å². The molecule has 0 bridgehead atoms. The normalized spacial score (nSPS) is 10.9. The first-order chi connectivity index (χ1) is 10.7. The van der Waals surface area contributed by atoms with Gasteiger partial charge >= 0.3 is 0 Å². The van der Waals surface area contributed by atoms with Gasteiger partial charge in [0, 0.05) is 24.3 Å². The first-order valence-electron chi connectivity index (χ1n) is 7.78. The van der Waals surface area contributed by atoms with Crippen LogP contribution in [0, 0.1) is 6.92 Å². The van der Waals surface area contributed by atoms with E-state index in [0.29, 0.717) is 0 Å². The summed E-state index contributed by atoms with van der Waals surface area (Å²) in [5.74, 6) is 0.0350. The van der Waals surface area contributed by atoms with Crippen molar-refractivity contribution in [1.82, 2.24) is 0 Å². The summed E-state index contributed by atoms with van der Waals surface area (Å²) in [5, 5.41) is 0. The number of rotatable bonds is 6. The monoisotopic (exact) mass is 293 g/mol. The number of ketones is 1. The zero-order chi connectivity index (χ0) is 15.9. The Morgan fingerprint density at radius 1 is 1.05 bits per heavy atom. The van der Waals surface area contributed by atoms with Gasteiger partial charge in [-0.25, -0.2) is 0 Å². The van der Waals surface area contributed by atoms with E-state index in [2.05, 4.69) is 43.9 Å². The standard InChI is InChI=1S/C20H23NO/c1-4-21(5-2)19-13-11-17(16(3)15-19)12-14-20(22)18-9-7-6-8-10-18/h6-15H,4-5H2,1-3H3/b14-12-. The second-order valence-electron chi connectivity index (χ2n) is 5.28. The van der Waals surface area contributed by atoms with Crippen LogP contribution in [-0.2, 0) is 0 Å². The Morgan fingerprint density at radius 3 is 2.32 bits per heavy atom. The van der Waals surface area contributed by atoms with E-state index in [4.69, 9.17) is 0 Å². The number of hydrogen-bond acceptors (Lipinski definition) is 2. The summed E-state index contributed by atoms with van der Waals surface area (Å²) in [6.07, 6.45) is 3.55. The fourth-order valence-corrected chi connectivity index (χ4v) is 2.50. The van der Waals surface area contributed by atoms with E-state index >= 15 is 0 Å². The van der Waals surface area contributed by atoms with Gasteiger partial charge in [0.1, 0.15) is 0 Å². The lowest BCUT2D eigenvalue weighted by Gasteiger charge is -2.21. The molecule has 0 unspecified atom stereocenters. The van der Waals surface area contributed by atoms with Crippen LogP contribution in [0.15, 0.2) is 54.6 Å². The van der Waals surface area contributed by atoms with Crippen LogP contribution in [0.5, 0.6) is 0 Å². The first-order valence-corrected chi connectivity index (χ1v) is 7.78. The number of nitrogens with zero attached hydrogens (tertiary/aromatic N) is 1. The van der Waals surface area contributed by atoms with Crippen molar-refractivity contribution in [1.29, 1.82) is 0 Å². The van der Waals surface area contributed by atoms with Gasteiger partial charge in [0.2, 0.25) is 0 Å². The van der Waals surface area contributed by atoms with Crippen molar-refractivity contribution < 1.29 is 4.79 Å². The van der Waals surface area contributed by atoms with E-state index < -0.39 is 0 Å². The van der Waals surface area contributed by atoms with Gasteiger partial charge in [-0.3, -0.25) is 4.79 Å². The molecule has 0 atom stereocenters. The number of benzene rings is 2. The topological polar surface area (TPSA) is 20.3 Å². The zero-order valence-corrected chi connectivity index (χ0v) is 13.5. The van der Waals surface area contributed by atoms with E-state index in [-0.39, 0.29) is 5.78 Å². The highest BCUT2D eigenvalue weighted by atomic mass is 16.1. The van der Waals surface area contributed by atoms with Crippen LogP contribution in [0.2, 0.25) is 0 Å². The number of carbonyl (C=O) groups is 1. The lowest BCUT2D eigenvalue weighted by atomic mass is 10.0. The minimum atomic E-state index is 0.0350. The Hall–Kier alpha value is -2.35. The fraction of sp³-hybridized carbons (Fsp3) is 0.250. The molecule has 0 spiro atoms. The van der Waals surface area contributed by atoms with E-state index in [1.54, 1.807) is 6.08 Å². The lowest BCUT2D eigenvalue weighted by molar-refractivity contribution is 0.104. The molecule has 2 nitrogen and oxygen atoms in total. The fourth-order valence-electron chi connectivity index (χ4n) is 2.50. The smallest absolute Gasteiger partial charge is 0.185 e. The molecular weight excluding hydrogens is 270 g/mol. The molecule has 0 aliphatic heterocycles. The predicted molar refractivity (Wildman–Crippen MR) is 94.5 cm³/mol. The Kier molecular flexibility index (Phi) is 5.54. The number of anilines is 1. The molecule has 2 rings (SSSR count). The molecule has 114 valence electrons. The van der Waals surface area contributed by atoms with Crippen LogP contribution >= 0.6 is 0 Å². The maximum Gasteiger partial charge on any atom is 0.185 e. The quantitative estimate of drug-likeness (QED) is 0.566. The van der Waals surface area contributed by atoms with Crippen molar-refractivity contribution >= 4 is 17.5 Å². The van der Waals surface area contributed by atoms with Gasteiger partial charge in [0.05, 0.1) is 0 Å². The molecule has 0 fully saturated rings. The van der Waals surface area contributed by atoms with Crippen molar-refractivity contribution in [2.75, 3.05) is 18.0 Å². The molecule has 0 N–H and O–H groups in total. The maximum absolute atomic E-state index is 12.1. The van der Waals surface area contributed by atoms with E-state index in [9.17, 15) is 4.79 Å². The highest BCUT2D eigenvalue weighted by Gasteiger charge is 2.04. The van der Waals surface area contributed by atoms with Crippen LogP contribution in [0.4, 0.5) is 5.69 Å². The van der Waals surface area contributed by atoms with Gasteiger partial charge in [-0.05, 0) is 50.1 Å². The molecule has 0 aromatic heterocycles. The molecule has 2 heteroatoms. The summed E-state index contributed by atoms with van der Waals surface area (Å²) in [7, 11) is 0.